The highest BCUT2D eigenvalue weighted by atomic mass is 16.5. The van der Waals surface area contributed by atoms with E-state index in [0.717, 1.165) is 36.6 Å². The van der Waals surface area contributed by atoms with Crippen molar-refractivity contribution in [1.29, 1.82) is 0 Å². The van der Waals surface area contributed by atoms with E-state index in [-0.39, 0.29) is 6.10 Å². The quantitative estimate of drug-likeness (QED) is 0.810. The first-order valence-electron chi connectivity index (χ1n) is 9.38. The van der Waals surface area contributed by atoms with Crippen LogP contribution in [0.3, 0.4) is 0 Å². The zero-order chi connectivity index (χ0) is 19.2. The van der Waals surface area contributed by atoms with Crippen LogP contribution in [0.25, 0.3) is 0 Å². The Morgan fingerprint density at radius 1 is 1.11 bits per heavy atom. The average Bonchev–Trinajstić information content (AvgIpc) is 2.65. The fourth-order valence-electron chi connectivity index (χ4n) is 3.41. The lowest BCUT2D eigenvalue weighted by atomic mass is 10.0. The molecule has 1 saturated heterocycles. The Kier molecular flexibility index (Phi) is 6.42. The number of hydrogen-bond donors (Lipinski definition) is 1. The van der Waals surface area contributed by atoms with Crippen LogP contribution in [-0.2, 0) is 11.3 Å². The van der Waals surface area contributed by atoms with Crippen molar-refractivity contribution in [3.05, 3.63) is 59.9 Å². The lowest BCUT2D eigenvalue weighted by Crippen LogP contribution is -2.48. The van der Waals surface area contributed by atoms with E-state index in [9.17, 15) is 9.90 Å². The van der Waals surface area contributed by atoms with E-state index in [1.807, 2.05) is 61.2 Å². The third-order valence-corrected chi connectivity index (χ3v) is 4.69. The van der Waals surface area contributed by atoms with Crippen LogP contribution in [-0.4, -0.2) is 58.1 Å². The van der Waals surface area contributed by atoms with Crippen molar-refractivity contribution in [2.45, 2.75) is 32.5 Å². The summed E-state index contributed by atoms with van der Waals surface area (Å²) >= 11 is 0. The van der Waals surface area contributed by atoms with Gasteiger partial charge in [-0.3, -0.25) is 19.6 Å². The number of hydrogen-bond acceptors (Lipinski definition) is 5. The second-order valence-corrected chi connectivity index (χ2v) is 7.11. The first kappa shape index (κ1) is 19.3. The molecule has 0 radical (unpaired) electrons. The molecule has 0 bridgehead atoms. The molecule has 0 amide bonds. The maximum absolute atomic E-state index is 11.9. The Morgan fingerprint density at radius 3 is 2.37 bits per heavy atom. The lowest BCUT2D eigenvalue weighted by molar-refractivity contribution is -0.144. The van der Waals surface area contributed by atoms with Crippen LogP contribution in [0.15, 0.2) is 48.7 Å². The first-order chi connectivity index (χ1) is 13.0. The van der Waals surface area contributed by atoms with E-state index in [1.54, 1.807) is 6.20 Å². The third kappa shape index (κ3) is 5.28. The van der Waals surface area contributed by atoms with Crippen molar-refractivity contribution in [1.82, 2.24) is 14.8 Å². The molecule has 6 nitrogen and oxygen atoms in total. The van der Waals surface area contributed by atoms with Gasteiger partial charge in [-0.15, -0.1) is 0 Å². The molecule has 3 rings (SSSR count). The number of aromatic nitrogens is 1. The highest BCUT2D eigenvalue weighted by molar-refractivity contribution is 5.75. The topological polar surface area (TPSA) is 65.9 Å². The normalized spacial score (nSPS) is 17.0. The van der Waals surface area contributed by atoms with Crippen LogP contribution < -0.4 is 4.74 Å². The largest absolute Gasteiger partial charge is 0.491 e. The maximum Gasteiger partial charge on any atom is 0.325 e. The van der Waals surface area contributed by atoms with Gasteiger partial charge in [0.2, 0.25) is 0 Å². The van der Waals surface area contributed by atoms with Gasteiger partial charge in [0.15, 0.2) is 0 Å². The highest BCUT2D eigenvalue weighted by Crippen LogP contribution is 2.25. The van der Waals surface area contributed by atoms with E-state index < -0.39 is 12.0 Å². The lowest BCUT2D eigenvalue weighted by Gasteiger charge is -2.37. The monoisotopic (exact) mass is 369 g/mol. The molecule has 6 heteroatoms. The molecule has 1 aliphatic rings. The molecule has 2 aromatic rings. The number of carbonyl (C=O) groups is 1. The SMILES string of the molecule is CC(C)Oc1ccc([C@H](C(=O)O)N2CCN(Cc3ccccn3)CC2)cc1. The van der Waals surface area contributed by atoms with Crippen molar-refractivity contribution in [3.63, 3.8) is 0 Å². The minimum Gasteiger partial charge on any atom is -0.491 e. The summed E-state index contributed by atoms with van der Waals surface area (Å²) in [7, 11) is 0. The van der Waals surface area contributed by atoms with Crippen molar-refractivity contribution < 1.29 is 14.6 Å². The van der Waals surface area contributed by atoms with Crippen molar-refractivity contribution in [3.8, 4) is 5.75 Å². The van der Waals surface area contributed by atoms with Gasteiger partial charge < -0.3 is 9.84 Å². The molecule has 1 aliphatic heterocycles. The predicted octanol–water partition coefficient (Wildman–Crippen LogP) is 2.81. The third-order valence-electron chi connectivity index (χ3n) is 4.69. The second kappa shape index (κ2) is 8.97. The Morgan fingerprint density at radius 2 is 1.81 bits per heavy atom. The van der Waals surface area contributed by atoms with Crippen LogP contribution in [0.2, 0.25) is 0 Å². The number of rotatable bonds is 7. The summed E-state index contributed by atoms with van der Waals surface area (Å²) in [6, 6.07) is 12.7. The Labute approximate surface area is 160 Å². The molecule has 1 fully saturated rings. The van der Waals surface area contributed by atoms with Gasteiger partial charge in [-0.25, -0.2) is 0 Å². The number of ether oxygens (including phenoxy) is 1. The smallest absolute Gasteiger partial charge is 0.325 e. The summed E-state index contributed by atoms with van der Waals surface area (Å²) in [5, 5.41) is 9.80. The Hall–Kier alpha value is -2.44. The fraction of sp³-hybridized carbons (Fsp3) is 0.429. The van der Waals surface area contributed by atoms with Gasteiger partial charge in [0, 0.05) is 38.9 Å². The van der Waals surface area contributed by atoms with Crippen LogP contribution in [0.4, 0.5) is 0 Å². The molecule has 27 heavy (non-hydrogen) atoms. The number of benzene rings is 1. The van der Waals surface area contributed by atoms with Gasteiger partial charge in [-0.05, 0) is 43.7 Å². The van der Waals surface area contributed by atoms with Gasteiger partial charge in [0.25, 0.3) is 0 Å². The summed E-state index contributed by atoms with van der Waals surface area (Å²) in [5.74, 6) is -0.0521. The van der Waals surface area contributed by atoms with E-state index in [2.05, 4.69) is 9.88 Å². The van der Waals surface area contributed by atoms with E-state index in [1.165, 1.54) is 0 Å². The molecule has 1 atom stereocenters. The molecule has 0 unspecified atom stereocenters. The number of nitrogens with zero attached hydrogens (tertiary/aromatic N) is 3. The summed E-state index contributed by atoms with van der Waals surface area (Å²) < 4.78 is 5.65. The summed E-state index contributed by atoms with van der Waals surface area (Å²) in [5.41, 5.74) is 1.83. The molecule has 1 N–H and O–H groups in total. The number of pyridine rings is 1. The van der Waals surface area contributed by atoms with Crippen molar-refractivity contribution >= 4 is 5.97 Å². The van der Waals surface area contributed by atoms with Crippen LogP contribution in [0, 0.1) is 0 Å². The van der Waals surface area contributed by atoms with Gasteiger partial charge in [-0.1, -0.05) is 18.2 Å². The standard InChI is InChI=1S/C21H27N3O3/c1-16(2)27-19-8-6-17(7-9-19)20(21(25)26)24-13-11-23(12-14-24)15-18-5-3-4-10-22-18/h3-10,16,20H,11-15H2,1-2H3,(H,25,26)/t20-/m1/s1. The van der Waals surface area contributed by atoms with E-state index >= 15 is 0 Å². The van der Waals surface area contributed by atoms with Gasteiger partial charge in [0.05, 0.1) is 11.8 Å². The van der Waals surface area contributed by atoms with Crippen molar-refractivity contribution in [2.24, 2.45) is 0 Å². The van der Waals surface area contributed by atoms with E-state index in [4.69, 9.17) is 4.74 Å². The van der Waals surface area contributed by atoms with E-state index in [0.29, 0.717) is 13.1 Å². The molecule has 0 aliphatic carbocycles. The highest BCUT2D eigenvalue weighted by Gasteiger charge is 2.30. The number of piperazine rings is 1. The molecule has 1 aromatic heterocycles. The summed E-state index contributed by atoms with van der Waals surface area (Å²) in [6.45, 7) is 7.83. The Balaban J connectivity index is 1.62. The summed E-state index contributed by atoms with van der Waals surface area (Å²) in [6.07, 6.45) is 1.90. The predicted molar refractivity (Wildman–Crippen MR) is 104 cm³/mol. The van der Waals surface area contributed by atoms with Gasteiger partial charge in [-0.2, -0.15) is 0 Å². The first-order valence-corrected chi connectivity index (χ1v) is 9.38. The number of carboxylic acid groups (broad SMARTS) is 1. The molecular formula is C21H27N3O3. The molecule has 144 valence electrons. The maximum atomic E-state index is 11.9. The fourth-order valence-corrected chi connectivity index (χ4v) is 3.41. The number of aliphatic carboxylic acids is 1. The molecule has 0 saturated carbocycles. The second-order valence-electron chi connectivity index (χ2n) is 7.11. The minimum absolute atomic E-state index is 0.0957. The van der Waals surface area contributed by atoms with Crippen LogP contribution in [0.1, 0.15) is 31.1 Å². The molecule has 0 spiro atoms. The average molecular weight is 369 g/mol. The molecule has 2 heterocycles. The summed E-state index contributed by atoms with van der Waals surface area (Å²) in [4.78, 5) is 20.7. The van der Waals surface area contributed by atoms with Crippen molar-refractivity contribution in [2.75, 3.05) is 26.2 Å². The van der Waals surface area contributed by atoms with Crippen LogP contribution in [0.5, 0.6) is 5.75 Å². The Bertz CT molecular complexity index is 726. The molecular weight excluding hydrogens is 342 g/mol. The van der Waals surface area contributed by atoms with Gasteiger partial charge >= 0.3 is 5.97 Å². The minimum atomic E-state index is -0.814. The zero-order valence-corrected chi connectivity index (χ0v) is 15.9. The number of carboxylic acids is 1. The van der Waals surface area contributed by atoms with Gasteiger partial charge in [0.1, 0.15) is 11.8 Å². The molecule has 1 aromatic carbocycles. The van der Waals surface area contributed by atoms with Crippen LogP contribution >= 0.6 is 0 Å². The zero-order valence-electron chi connectivity index (χ0n) is 15.9.